The van der Waals surface area contributed by atoms with Crippen molar-refractivity contribution in [2.24, 2.45) is 0 Å². The number of benzene rings is 2. The number of pyridine rings is 1. The van der Waals surface area contributed by atoms with E-state index in [2.05, 4.69) is 17.3 Å². The highest BCUT2D eigenvalue weighted by Crippen LogP contribution is 2.44. The average molecular weight is 463 g/mol. The topological polar surface area (TPSA) is 80.5 Å². The summed E-state index contributed by atoms with van der Waals surface area (Å²) in [7, 11) is 3.71. The summed E-state index contributed by atoms with van der Waals surface area (Å²) in [5.74, 6) is -0.215. The Balaban J connectivity index is 1.70. The quantitative estimate of drug-likeness (QED) is 0.449. The minimum atomic E-state index is -0.501. The molecule has 0 unspecified atom stereocenters. The lowest BCUT2D eigenvalue weighted by Crippen LogP contribution is -2.27. The molecule has 8 heteroatoms. The number of hydrogen-bond donors (Lipinski definition) is 2. The van der Waals surface area contributed by atoms with Crippen LogP contribution in [0.5, 0.6) is 5.75 Å². The smallest absolute Gasteiger partial charge is 0.268 e. The molecule has 5 rings (SSSR count). The lowest BCUT2D eigenvalue weighted by Gasteiger charge is -2.27. The Morgan fingerprint density at radius 2 is 2.06 bits per heavy atom. The van der Waals surface area contributed by atoms with E-state index in [0.717, 1.165) is 53.0 Å². The Morgan fingerprint density at radius 3 is 2.85 bits per heavy atom. The molecule has 0 radical (unpaired) electrons. The fourth-order valence-corrected chi connectivity index (χ4v) is 5.29. The second-order valence-electron chi connectivity index (χ2n) is 8.09. The predicted molar refractivity (Wildman–Crippen MR) is 130 cm³/mol. The van der Waals surface area contributed by atoms with Crippen LogP contribution in [0.4, 0.5) is 15.8 Å². The highest BCUT2D eigenvalue weighted by molar-refractivity contribution is 7.21. The number of anilines is 2. The molecular weight excluding hydrogens is 439 g/mol. The Hall–Kier alpha value is -3.49. The summed E-state index contributed by atoms with van der Waals surface area (Å²) in [6.07, 6.45) is 0.813. The van der Waals surface area contributed by atoms with Gasteiger partial charge in [0.2, 0.25) is 0 Å². The molecule has 0 spiro atoms. The summed E-state index contributed by atoms with van der Waals surface area (Å²) >= 11 is 1.23. The van der Waals surface area contributed by atoms with Crippen LogP contribution in [0.3, 0.4) is 0 Å². The lowest BCUT2D eigenvalue weighted by molar-refractivity contribution is 0.103. The molecule has 3 heterocycles. The van der Waals surface area contributed by atoms with E-state index in [1.807, 2.05) is 24.3 Å². The number of para-hydroxylation sites is 1. The number of ether oxygens (including phenoxy) is 1. The predicted octanol–water partition coefficient (Wildman–Crippen LogP) is 4.93. The largest absolute Gasteiger partial charge is 0.497 e. The second kappa shape index (κ2) is 8.46. The second-order valence-corrected chi connectivity index (χ2v) is 9.09. The number of nitrogens with one attached hydrogen (secondary N) is 1. The standard InChI is InChI=1S/C25H23FN4O2S/c1-30-11-10-18-16(13-30)20(14-6-5-7-15(12-14)32-2)21-22(27)23(33-25(21)29-18)24(31)28-19-9-4-3-8-17(19)26/h3-9,12H,10-11,13,27H2,1-2H3,(H,28,31). The van der Waals surface area contributed by atoms with Crippen LogP contribution in [0.15, 0.2) is 48.5 Å². The fourth-order valence-electron chi connectivity index (χ4n) is 4.27. The van der Waals surface area contributed by atoms with Gasteiger partial charge in [0.15, 0.2) is 0 Å². The summed E-state index contributed by atoms with van der Waals surface area (Å²) in [5.41, 5.74) is 11.1. The van der Waals surface area contributed by atoms with Crippen molar-refractivity contribution in [1.29, 1.82) is 0 Å². The maximum Gasteiger partial charge on any atom is 0.268 e. The molecule has 33 heavy (non-hydrogen) atoms. The van der Waals surface area contributed by atoms with Crippen LogP contribution in [-0.4, -0.2) is 36.5 Å². The van der Waals surface area contributed by atoms with Crippen LogP contribution < -0.4 is 15.8 Å². The Bertz CT molecular complexity index is 1380. The molecule has 168 valence electrons. The number of thiophene rings is 1. The number of methoxy groups -OCH3 is 1. The van der Waals surface area contributed by atoms with Gasteiger partial charge >= 0.3 is 0 Å². The highest BCUT2D eigenvalue weighted by atomic mass is 32.1. The summed E-state index contributed by atoms with van der Waals surface area (Å²) in [6.45, 7) is 1.64. The number of likely N-dealkylation sites (N-methyl/N-ethyl adjacent to an activating group) is 1. The number of carbonyl (C=O) groups excluding carboxylic acids is 1. The Morgan fingerprint density at radius 1 is 1.24 bits per heavy atom. The van der Waals surface area contributed by atoms with Crippen molar-refractivity contribution in [2.45, 2.75) is 13.0 Å². The number of fused-ring (bicyclic) bond motifs is 2. The Labute approximate surface area is 194 Å². The van der Waals surface area contributed by atoms with Gasteiger partial charge in [0, 0.05) is 36.2 Å². The molecule has 2 aromatic heterocycles. The maximum atomic E-state index is 14.1. The van der Waals surface area contributed by atoms with Crippen LogP contribution in [0.25, 0.3) is 21.3 Å². The third kappa shape index (κ3) is 3.81. The molecule has 0 bridgehead atoms. The van der Waals surface area contributed by atoms with Crippen LogP contribution in [0.2, 0.25) is 0 Å². The van der Waals surface area contributed by atoms with E-state index in [9.17, 15) is 9.18 Å². The van der Waals surface area contributed by atoms with Gasteiger partial charge in [-0.25, -0.2) is 9.37 Å². The van der Waals surface area contributed by atoms with Crippen molar-refractivity contribution in [2.75, 3.05) is 31.8 Å². The summed E-state index contributed by atoms with van der Waals surface area (Å²) in [6, 6.07) is 13.9. The monoisotopic (exact) mass is 462 g/mol. The zero-order valence-corrected chi connectivity index (χ0v) is 19.1. The van der Waals surface area contributed by atoms with Crippen LogP contribution >= 0.6 is 11.3 Å². The summed E-state index contributed by atoms with van der Waals surface area (Å²) in [4.78, 5) is 21.2. The third-order valence-corrected chi connectivity index (χ3v) is 7.01. The first-order chi connectivity index (χ1) is 16.0. The minimum absolute atomic E-state index is 0.112. The number of nitrogens with zero attached hydrogens (tertiary/aromatic N) is 2. The van der Waals surface area contributed by atoms with Gasteiger partial charge in [-0.15, -0.1) is 11.3 Å². The van der Waals surface area contributed by atoms with E-state index >= 15 is 0 Å². The van der Waals surface area contributed by atoms with E-state index in [1.54, 1.807) is 19.2 Å². The van der Waals surface area contributed by atoms with E-state index < -0.39 is 11.7 Å². The van der Waals surface area contributed by atoms with Gasteiger partial charge in [0.1, 0.15) is 21.3 Å². The van der Waals surface area contributed by atoms with Crippen molar-refractivity contribution in [3.05, 3.63) is 70.5 Å². The number of rotatable bonds is 4. The molecule has 4 aromatic rings. The number of halogens is 1. The zero-order valence-electron chi connectivity index (χ0n) is 18.3. The SMILES string of the molecule is COc1cccc(-c2c3c(nc4sc(C(=O)Nc5ccccc5F)c(N)c24)CCN(C)C3)c1. The molecule has 0 saturated heterocycles. The van der Waals surface area contributed by atoms with Crippen molar-refractivity contribution in [3.8, 4) is 16.9 Å². The van der Waals surface area contributed by atoms with Gasteiger partial charge in [-0.05, 0) is 42.4 Å². The van der Waals surface area contributed by atoms with Gasteiger partial charge in [0.25, 0.3) is 5.91 Å². The molecule has 3 N–H and O–H groups in total. The van der Waals surface area contributed by atoms with E-state index in [1.165, 1.54) is 23.5 Å². The van der Waals surface area contributed by atoms with Crippen LogP contribution in [0.1, 0.15) is 20.9 Å². The number of carbonyl (C=O) groups is 1. The molecule has 0 saturated carbocycles. The van der Waals surface area contributed by atoms with Gasteiger partial charge in [0.05, 0.1) is 18.5 Å². The van der Waals surface area contributed by atoms with E-state index in [4.69, 9.17) is 15.5 Å². The lowest BCUT2D eigenvalue weighted by atomic mass is 9.92. The molecule has 0 atom stereocenters. The molecule has 0 aliphatic carbocycles. The van der Waals surface area contributed by atoms with Crippen molar-refractivity contribution >= 4 is 38.8 Å². The van der Waals surface area contributed by atoms with Gasteiger partial charge in [-0.3, -0.25) is 4.79 Å². The normalized spacial score (nSPS) is 13.7. The fraction of sp³-hybridized carbons (Fsp3) is 0.200. The first-order valence-corrected chi connectivity index (χ1v) is 11.4. The molecule has 2 aromatic carbocycles. The van der Waals surface area contributed by atoms with Gasteiger partial charge < -0.3 is 20.7 Å². The van der Waals surface area contributed by atoms with Crippen molar-refractivity contribution < 1.29 is 13.9 Å². The van der Waals surface area contributed by atoms with Crippen LogP contribution in [0, 0.1) is 5.82 Å². The number of hydrogen-bond acceptors (Lipinski definition) is 6. The number of aromatic nitrogens is 1. The maximum absolute atomic E-state index is 14.1. The summed E-state index contributed by atoms with van der Waals surface area (Å²) in [5, 5.41) is 3.39. The number of nitrogen functional groups attached to an aromatic ring is 1. The molecule has 6 nitrogen and oxygen atoms in total. The third-order valence-electron chi connectivity index (χ3n) is 5.91. The summed E-state index contributed by atoms with van der Waals surface area (Å²) < 4.78 is 19.5. The molecule has 1 aliphatic rings. The Kier molecular flexibility index (Phi) is 5.47. The average Bonchev–Trinajstić information content (AvgIpc) is 3.15. The molecule has 0 fully saturated rings. The van der Waals surface area contributed by atoms with Crippen molar-refractivity contribution in [3.63, 3.8) is 0 Å². The molecular formula is C25H23FN4O2S. The highest BCUT2D eigenvalue weighted by Gasteiger charge is 2.27. The van der Waals surface area contributed by atoms with Crippen LogP contribution in [-0.2, 0) is 13.0 Å². The number of nitrogens with two attached hydrogens (primary N) is 1. The minimum Gasteiger partial charge on any atom is -0.497 e. The number of amides is 1. The van der Waals surface area contributed by atoms with Gasteiger partial charge in [-0.2, -0.15) is 0 Å². The van der Waals surface area contributed by atoms with Gasteiger partial charge in [-0.1, -0.05) is 24.3 Å². The van der Waals surface area contributed by atoms with E-state index in [-0.39, 0.29) is 5.69 Å². The molecule has 1 amide bonds. The van der Waals surface area contributed by atoms with E-state index in [0.29, 0.717) is 15.4 Å². The first-order valence-electron chi connectivity index (χ1n) is 10.6. The zero-order chi connectivity index (χ0) is 23.1. The first kappa shape index (κ1) is 21.4. The molecule has 1 aliphatic heterocycles. The van der Waals surface area contributed by atoms with Crippen molar-refractivity contribution in [1.82, 2.24) is 9.88 Å².